The summed E-state index contributed by atoms with van der Waals surface area (Å²) in [5.74, 6) is 2.46. The van der Waals surface area contributed by atoms with Crippen LogP contribution in [0, 0.1) is 0 Å². The summed E-state index contributed by atoms with van der Waals surface area (Å²) in [5.41, 5.74) is 3.03. The number of rotatable bonds is 4. The van der Waals surface area contributed by atoms with Gasteiger partial charge in [0, 0.05) is 35.2 Å². The Hall–Kier alpha value is -1.85. The minimum Gasteiger partial charge on any atom is -0.486 e. The van der Waals surface area contributed by atoms with Crippen molar-refractivity contribution in [3.63, 3.8) is 0 Å². The Morgan fingerprint density at radius 1 is 1.07 bits per heavy atom. The van der Waals surface area contributed by atoms with Gasteiger partial charge in [0.2, 0.25) is 0 Å². The van der Waals surface area contributed by atoms with Gasteiger partial charge in [0.05, 0.1) is 10.8 Å². The number of ether oxygens (including phenoxy) is 2. The van der Waals surface area contributed by atoms with Crippen LogP contribution in [-0.2, 0) is 16.2 Å². The quantitative estimate of drug-likeness (QED) is 0.745. The molecule has 29 heavy (non-hydrogen) atoms. The predicted molar refractivity (Wildman–Crippen MR) is 115 cm³/mol. The summed E-state index contributed by atoms with van der Waals surface area (Å²) in [6, 6.07) is 14.6. The molecule has 1 fully saturated rings. The molecule has 3 aliphatic rings. The van der Waals surface area contributed by atoms with Crippen LogP contribution in [0.15, 0.2) is 47.4 Å². The molecule has 2 aliphatic heterocycles. The number of hydrogen-bond donors (Lipinski definition) is 0. The van der Waals surface area contributed by atoms with Gasteiger partial charge in [-0.2, -0.15) is 0 Å². The van der Waals surface area contributed by atoms with Crippen molar-refractivity contribution in [3.05, 3.63) is 53.6 Å². The fraction of sp³-hybridized carbons (Fsp3) is 0.500. The fourth-order valence-corrected chi connectivity index (χ4v) is 6.46. The highest BCUT2D eigenvalue weighted by Gasteiger charge is 2.44. The van der Waals surface area contributed by atoms with Crippen LogP contribution in [0.2, 0.25) is 0 Å². The highest BCUT2D eigenvalue weighted by atomic mass is 32.2. The Kier molecular flexibility index (Phi) is 5.12. The molecule has 2 aromatic carbocycles. The van der Waals surface area contributed by atoms with Gasteiger partial charge < -0.3 is 9.47 Å². The van der Waals surface area contributed by atoms with Gasteiger partial charge in [-0.25, -0.2) is 0 Å². The van der Waals surface area contributed by atoms with E-state index in [1.54, 1.807) is 0 Å². The third-order valence-electron chi connectivity index (χ3n) is 6.92. The molecule has 1 spiro atoms. The molecule has 5 rings (SSSR count). The lowest BCUT2D eigenvalue weighted by Crippen LogP contribution is -2.47. The second-order valence-electron chi connectivity index (χ2n) is 8.58. The third-order valence-corrected chi connectivity index (χ3v) is 8.27. The topological polar surface area (TPSA) is 38.8 Å². The molecule has 154 valence electrons. The Labute approximate surface area is 175 Å². The summed E-state index contributed by atoms with van der Waals surface area (Å²) in [7, 11) is -0.959. The monoisotopic (exact) mass is 411 g/mol. The van der Waals surface area contributed by atoms with E-state index in [1.165, 1.54) is 36.8 Å². The number of hydrogen-bond acceptors (Lipinski definition) is 4. The zero-order chi connectivity index (χ0) is 19.8. The van der Waals surface area contributed by atoms with Gasteiger partial charge in [-0.05, 0) is 55.2 Å². The molecule has 1 saturated carbocycles. The molecule has 2 heterocycles. The zero-order valence-corrected chi connectivity index (χ0v) is 17.9. The van der Waals surface area contributed by atoms with Gasteiger partial charge in [-0.3, -0.25) is 9.11 Å². The minimum atomic E-state index is -0.959. The number of nitrogens with zero attached hydrogens (tertiary/aromatic N) is 1. The second-order valence-corrected chi connectivity index (χ2v) is 10.2. The van der Waals surface area contributed by atoms with Crippen molar-refractivity contribution >= 4 is 10.8 Å². The van der Waals surface area contributed by atoms with Crippen molar-refractivity contribution < 1.29 is 13.7 Å². The summed E-state index contributed by atoms with van der Waals surface area (Å²) >= 11 is 0. The lowest BCUT2D eigenvalue weighted by Gasteiger charge is -2.46. The zero-order valence-electron chi connectivity index (χ0n) is 17.1. The summed E-state index contributed by atoms with van der Waals surface area (Å²) in [6.45, 7) is 5.42. The molecule has 2 unspecified atom stereocenters. The SMILES string of the molecule is CC1c2cc3c(cc2C2(CCCC2)CN1CCS(=O)c1ccccc1)OCCO3. The van der Waals surface area contributed by atoms with E-state index in [0.717, 1.165) is 29.5 Å². The lowest BCUT2D eigenvalue weighted by atomic mass is 9.71. The van der Waals surface area contributed by atoms with E-state index >= 15 is 0 Å². The van der Waals surface area contributed by atoms with Crippen LogP contribution in [0.3, 0.4) is 0 Å². The minimum absolute atomic E-state index is 0.200. The predicted octanol–water partition coefficient (Wildman–Crippen LogP) is 4.45. The summed E-state index contributed by atoms with van der Waals surface area (Å²) in [5, 5.41) is 0. The van der Waals surface area contributed by atoms with Crippen molar-refractivity contribution in [3.8, 4) is 11.5 Å². The Balaban J connectivity index is 1.43. The lowest BCUT2D eigenvalue weighted by molar-refractivity contribution is 0.139. The van der Waals surface area contributed by atoms with Gasteiger partial charge in [0.1, 0.15) is 13.2 Å². The Morgan fingerprint density at radius 3 is 2.48 bits per heavy atom. The molecule has 0 saturated heterocycles. The van der Waals surface area contributed by atoms with Crippen LogP contribution < -0.4 is 9.47 Å². The maximum absolute atomic E-state index is 12.8. The molecule has 0 N–H and O–H groups in total. The molecule has 0 radical (unpaired) electrons. The fourth-order valence-electron chi connectivity index (χ4n) is 5.36. The normalized spacial score (nSPS) is 23.7. The van der Waals surface area contributed by atoms with Gasteiger partial charge in [-0.15, -0.1) is 0 Å². The molecule has 5 heteroatoms. The van der Waals surface area contributed by atoms with Crippen molar-refractivity contribution in [2.75, 3.05) is 32.1 Å². The molecule has 0 amide bonds. The smallest absolute Gasteiger partial charge is 0.161 e. The van der Waals surface area contributed by atoms with Crippen molar-refractivity contribution in [2.45, 2.75) is 49.0 Å². The maximum atomic E-state index is 12.8. The van der Waals surface area contributed by atoms with Crippen molar-refractivity contribution in [1.82, 2.24) is 4.90 Å². The largest absolute Gasteiger partial charge is 0.486 e. The van der Waals surface area contributed by atoms with Crippen LogP contribution in [-0.4, -0.2) is 41.2 Å². The molecule has 0 bridgehead atoms. The maximum Gasteiger partial charge on any atom is 0.161 e. The standard InChI is InChI=1S/C24H29NO3S/c1-18-20-15-22-23(28-13-12-27-22)16-21(20)24(9-5-6-10-24)17-25(18)11-14-29(26)19-7-3-2-4-8-19/h2-4,7-8,15-16,18H,5-6,9-14,17H2,1H3. The highest BCUT2D eigenvalue weighted by Crippen LogP contribution is 2.51. The van der Waals surface area contributed by atoms with Crippen LogP contribution in [0.5, 0.6) is 11.5 Å². The van der Waals surface area contributed by atoms with Crippen LogP contribution in [0.1, 0.15) is 49.8 Å². The average Bonchev–Trinajstić information content (AvgIpc) is 3.24. The van der Waals surface area contributed by atoms with E-state index in [2.05, 4.69) is 24.0 Å². The molecular weight excluding hydrogens is 382 g/mol. The van der Waals surface area contributed by atoms with E-state index in [1.807, 2.05) is 30.3 Å². The molecule has 2 atom stereocenters. The molecule has 2 aromatic rings. The van der Waals surface area contributed by atoms with E-state index in [0.29, 0.717) is 25.0 Å². The first-order valence-electron chi connectivity index (χ1n) is 10.8. The van der Waals surface area contributed by atoms with E-state index < -0.39 is 10.8 Å². The highest BCUT2D eigenvalue weighted by molar-refractivity contribution is 7.85. The van der Waals surface area contributed by atoms with Gasteiger partial charge in [-0.1, -0.05) is 31.0 Å². The van der Waals surface area contributed by atoms with Gasteiger partial charge in [0.25, 0.3) is 0 Å². The first kappa shape index (κ1) is 19.1. The van der Waals surface area contributed by atoms with E-state index in [-0.39, 0.29) is 5.41 Å². The Bertz CT molecular complexity index is 908. The molecular formula is C24H29NO3S. The van der Waals surface area contributed by atoms with Crippen LogP contribution >= 0.6 is 0 Å². The van der Waals surface area contributed by atoms with Gasteiger partial charge in [0.15, 0.2) is 11.5 Å². The Morgan fingerprint density at radius 2 is 1.76 bits per heavy atom. The van der Waals surface area contributed by atoms with Crippen molar-refractivity contribution in [1.29, 1.82) is 0 Å². The molecule has 1 aliphatic carbocycles. The number of benzene rings is 2. The summed E-state index contributed by atoms with van der Waals surface area (Å²) in [6.07, 6.45) is 5.02. The van der Waals surface area contributed by atoms with E-state index in [4.69, 9.17) is 9.47 Å². The summed E-state index contributed by atoms with van der Waals surface area (Å²) in [4.78, 5) is 3.47. The first-order valence-corrected chi connectivity index (χ1v) is 12.1. The number of fused-ring (bicyclic) bond motifs is 3. The third kappa shape index (κ3) is 3.49. The van der Waals surface area contributed by atoms with Crippen LogP contribution in [0.4, 0.5) is 0 Å². The summed E-state index contributed by atoms with van der Waals surface area (Å²) < 4.78 is 24.6. The average molecular weight is 412 g/mol. The molecule has 0 aromatic heterocycles. The van der Waals surface area contributed by atoms with Crippen LogP contribution in [0.25, 0.3) is 0 Å². The van der Waals surface area contributed by atoms with E-state index in [9.17, 15) is 4.21 Å². The first-order chi connectivity index (χ1) is 14.2. The van der Waals surface area contributed by atoms with Gasteiger partial charge >= 0.3 is 0 Å². The second kappa shape index (κ2) is 7.77. The molecule has 4 nitrogen and oxygen atoms in total. The van der Waals surface area contributed by atoms with Crippen molar-refractivity contribution in [2.24, 2.45) is 0 Å².